The molecule has 1 amide bonds. The second-order valence-electron chi connectivity index (χ2n) is 8.26. The number of nitrogens with zero attached hydrogens (tertiary/aromatic N) is 1. The van der Waals surface area contributed by atoms with Gasteiger partial charge in [-0.2, -0.15) is 4.31 Å². The molecule has 3 rings (SSSR count). The minimum atomic E-state index is -3.62. The summed E-state index contributed by atoms with van der Waals surface area (Å²) in [6, 6.07) is 11.1. The molecule has 2 aromatic carbocycles. The van der Waals surface area contributed by atoms with Gasteiger partial charge in [0.25, 0.3) is 5.91 Å². The van der Waals surface area contributed by atoms with E-state index in [2.05, 4.69) is 5.32 Å². The van der Waals surface area contributed by atoms with Crippen LogP contribution in [0.3, 0.4) is 0 Å². The molecule has 1 aliphatic rings. The van der Waals surface area contributed by atoms with Gasteiger partial charge in [0, 0.05) is 19.6 Å². The maximum atomic E-state index is 12.9. The highest BCUT2D eigenvalue weighted by atomic mass is 32.2. The Morgan fingerprint density at radius 3 is 2.36 bits per heavy atom. The highest BCUT2D eigenvalue weighted by Gasteiger charge is 2.33. The van der Waals surface area contributed by atoms with Crippen molar-refractivity contribution in [2.45, 2.75) is 38.0 Å². The van der Waals surface area contributed by atoms with Crippen molar-refractivity contribution in [2.24, 2.45) is 5.92 Å². The predicted octanol–water partition coefficient (Wildman–Crippen LogP) is 2.75. The van der Waals surface area contributed by atoms with E-state index in [1.807, 2.05) is 13.8 Å². The van der Waals surface area contributed by atoms with Crippen LogP contribution in [-0.4, -0.2) is 50.8 Å². The average molecular weight is 477 g/mol. The lowest BCUT2D eigenvalue weighted by atomic mass is 9.98. The molecule has 0 unspecified atom stereocenters. The standard InChI is InChI=1S/C24H29FN2O5S/c1-17-3-8-22(15-18(17)2)33(30,31)27-13-10-20(11-14-27)24(29)32-16-23(28)26-12-9-19-4-6-21(25)7-5-19/h3-8,15,20H,9-14,16H2,1-2H3,(H,26,28). The first-order chi connectivity index (χ1) is 15.7. The van der Waals surface area contributed by atoms with Gasteiger partial charge in [0.15, 0.2) is 6.61 Å². The number of aryl methyl sites for hydroxylation is 2. The van der Waals surface area contributed by atoms with E-state index < -0.39 is 27.8 Å². The van der Waals surface area contributed by atoms with Gasteiger partial charge in [-0.1, -0.05) is 18.2 Å². The molecule has 9 heteroatoms. The summed E-state index contributed by atoms with van der Waals surface area (Å²) in [6.45, 7) is 4.20. The molecule has 1 fully saturated rings. The van der Waals surface area contributed by atoms with Gasteiger partial charge in [0.05, 0.1) is 10.8 Å². The number of ether oxygens (including phenoxy) is 1. The van der Waals surface area contributed by atoms with Gasteiger partial charge in [0.1, 0.15) is 5.82 Å². The number of amides is 1. The highest BCUT2D eigenvalue weighted by molar-refractivity contribution is 7.89. The van der Waals surface area contributed by atoms with E-state index in [1.54, 1.807) is 30.3 Å². The van der Waals surface area contributed by atoms with Crippen molar-refractivity contribution in [1.82, 2.24) is 9.62 Å². The second kappa shape index (κ2) is 10.9. The number of carbonyl (C=O) groups is 2. The minimum Gasteiger partial charge on any atom is -0.455 e. The molecule has 7 nitrogen and oxygen atoms in total. The van der Waals surface area contributed by atoms with Crippen LogP contribution in [0, 0.1) is 25.6 Å². The van der Waals surface area contributed by atoms with Crippen LogP contribution in [0.4, 0.5) is 4.39 Å². The molecular weight excluding hydrogens is 447 g/mol. The zero-order valence-electron chi connectivity index (χ0n) is 18.8. The monoisotopic (exact) mass is 476 g/mol. The van der Waals surface area contributed by atoms with Crippen LogP contribution < -0.4 is 5.32 Å². The second-order valence-corrected chi connectivity index (χ2v) is 10.2. The number of esters is 1. The van der Waals surface area contributed by atoms with Crippen LogP contribution >= 0.6 is 0 Å². The molecule has 33 heavy (non-hydrogen) atoms. The van der Waals surface area contributed by atoms with E-state index in [1.165, 1.54) is 16.4 Å². The van der Waals surface area contributed by atoms with Gasteiger partial charge in [-0.25, -0.2) is 12.8 Å². The maximum absolute atomic E-state index is 12.9. The Morgan fingerprint density at radius 1 is 1.06 bits per heavy atom. The van der Waals surface area contributed by atoms with Crippen molar-refractivity contribution < 1.29 is 27.1 Å². The lowest BCUT2D eigenvalue weighted by Crippen LogP contribution is -2.41. The third kappa shape index (κ3) is 6.61. The minimum absolute atomic E-state index is 0.221. The topological polar surface area (TPSA) is 92.8 Å². The van der Waals surface area contributed by atoms with Crippen LogP contribution in [-0.2, 0) is 30.8 Å². The summed E-state index contributed by atoms with van der Waals surface area (Å²) < 4.78 is 45.2. The summed E-state index contributed by atoms with van der Waals surface area (Å²) in [5.41, 5.74) is 2.82. The quantitative estimate of drug-likeness (QED) is 0.592. The molecule has 178 valence electrons. The average Bonchev–Trinajstić information content (AvgIpc) is 2.80. The molecule has 0 radical (unpaired) electrons. The molecule has 0 aliphatic carbocycles. The zero-order chi connectivity index (χ0) is 24.0. The lowest BCUT2D eigenvalue weighted by Gasteiger charge is -2.30. The van der Waals surface area contributed by atoms with E-state index >= 15 is 0 Å². The number of hydrogen-bond donors (Lipinski definition) is 1. The predicted molar refractivity (Wildman–Crippen MR) is 121 cm³/mol. The van der Waals surface area contributed by atoms with Gasteiger partial charge in [0.2, 0.25) is 10.0 Å². The van der Waals surface area contributed by atoms with Crippen molar-refractivity contribution in [1.29, 1.82) is 0 Å². The van der Waals surface area contributed by atoms with Crippen LogP contribution in [0.1, 0.15) is 29.5 Å². The summed E-state index contributed by atoms with van der Waals surface area (Å²) >= 11 is 0. The molecular formula is C24H29FN2O5S. The van der Waals surface area contributed by atoms with E-state index in [4.69, 9.17) is 4.74 Å². The molecule has 0 atom stereocenters. The fourth-order valence-corrected chi connectivity index (χ4v) is 5.21. The number of piperidine rings is 1. The first-order valence-electron chi connectivity index (χ1n) is 10.9. The van der Waals surface area contributed by atoms with Gasteiger partial charge in [-0.3, -0.25) is 9.59 Å². The molecule has 0 aromatic heterocycles. The number of hydrogen-bond acceptors (Lipinski definition) is 5. The zero-order valence-corrected chi connectivity index (χ0v) is 19.7. The Kier molecular flexibility index (Phi) is 8.20. The largest absolute Gasteiger partial charge is 0.455 e. The van der Waals surface area contributed by atoms with E-state index in [0.717, 1.165) is 16.7 Å². The van der Waals surface area contributed by atoms with Crippen molar-refractivity contribution in [3.8, 4) is 0 Å². The third-order valence-corrected chi connectivity index (χ3v) is 7.79. The molecule has 1 heterocycles. The van der Waals surface area contributed by atoms with Gasteiger partial charge in [-0.05, 0) is 74.1 Å². The summed E-state index contributed by atoms with van der Waals surface area (Å²) in [5, 5.41) is 2.66. The normalized spacial score (nSPS) is 15.2. The van der Waals surface area contributed by atoms with Crippen molar-refractivity contribution >= 4 is 21.9 Å². The Labute approximate surface area is 194 Å². The first-order valence-corrected chi connectivity index (χ1v) is 12.4. The summed E-state index contributed by atoms with van der Waals surface area (Å²) in [6.07, 6.45) is 1.22. The number of sulfonamides is 1. The first kappa shape index (κ1) is 24.9. The number of carbonyl (C=O) groups excluding carboxylic acids is 2. The molecule has 0 bridgehead atoms. The smallest absolute Gasteiger partial charge is 0.309 e. The SMILES string of the molecule is Cc1ccc(S(=O)(=O)N2CCC(C(=O)OCC(=O)NCCc3ccc(F)cc3)CC2)cc1C. The Balaban J connectivity index is 1.41. The number of rotatable bonds is 8. The van der Waals surface area contributed by atoms with Crippen LogP contribution in [0.25, 0.3) is 0 Å². The van der Waals surface area contributed by atoms with E-state index in [-0.39, 0.29) is 30.4 Å². The van der Waals surface area contributed by atoms with E-state index in [0.29, 0.717) is 25.8 Å². The summed E-state index contributed by atoms with van der Waals surface area (Å²) in [4.78, 5) is 24.5. The van der Waals surface area contributed by atoms with Crippen molar-refractivity contribution in [3.63, 3.8) is 0 Å². The number of benzene rings is 2. The van der Waals surface area contributed by atoms with Gasteiger partial charge in [-0.15, -0.1) is 0 Å². The number of nitrogens with one attached hydrogen (secondary N) is 1. The number of halogens is 1. The molecule has 0 spiro atoms. The third-order valence-electron chi connectivity index (χ3n) is 5.90. The fraction of sp³-hybridized carbons (Fsp3) is 0.417. The lowest BCUT2D eigenvalue weighted by molar-refractivity contribution is -0.153. The molecule has 1 saturated heterocycles. The molecule has 1 aliphatic heterocycles. The van der Waals surface area contributed by atoms with Gasteiger partial charge >= 0.3 is 5.97 Å². The van der Waals surface area contributed by atoms with Crippen molar-refractivity contribution in [2.75, 3.05) is 26.2 Å². The Morgan fingerprint density at radius 2 is 1.73 bits per heavy atom. The highest BCUT2D eigenvalue weighted by Crippen LogP contribution is 2.25. The van der Waals surface area contributed by atoms with Crippen LogP contribution in [0.15, 0.2) is 47.4 Å². The Bertz CT molecular complexity index is 1090. The molecule has 1 N–H and O–H groups in total. The summed E-state index contributed by atoms with van der Waals surface area (Å²) in [7, 11) is -3.62. The molecule has 0 saturated carbocycles. The van der Waals surface area contributed by atoms with Crippen LogP contribution in [0.5, 0.6) is 0 Å². The fourth-order valence-electron chi connectivity index (χ4n) is 3.66. The van der Waals surface area contributed by atoms with E-state index in [9.17, 15) is 22.4 Å². The maximum Gasteiger partial charge on any atom is 0.309 e. The van der Waals surface area contributed by atoms with Crippen molar-refractivity contribution in [3.05, 3.63) is 65.0 Å². The van der Waals surface area contributed by atoms with Gasteiger partial charge < -0.3 is 10.1 Å². The Hall–Kier alpha value is -2.78. The van der Waals surface area contributed by atoms with Crippen LogP contribution in [0.2, 0.25) is 0 Å². The molecule has 2 aromatic rings. The summed E-state index contributed by atoms with van der Waals surface area (Å²) in [5.74, 6) is -1.67.